The fraction of sp³-hybridized carbons (Fsp3) is 0.122. The van der Waals surface area contributed by atoms with Crippen LogP contribution in [0.15, 0.2) is 126 Å². The zero-order valence-electron chi connectivity index (χ0n) is 24.2. The summed E-state index contributed by atoms with van der Waals surface area (Å²) in [5.41, 5.74) is 11.0. The molecule has 1 aliphatic carbocycles. The van der Waals surface area contributed by atoms with Gasteiger partial charge in [-0.25, -0.2) is 0 Å². The Balaban J connectivity index is 1.59. The summed E-state index contributed by atoms with van der Waals surface area (Å²) in [5.74, 6) is 0. The van der Waals surface area contributed by atoms with Gasteiger partial charge in [-0.15, -0.1) is 0 Å². The molecule has 1 aromatic heterocycles. The molecule has 0 saturated heterocycles. The first-order valence-electron chi connectivity index (χ1n) is 14.8. The second kappa shape index (κ2) is 9.33. The molecule has 0 N–H and O–H groups in total. The molecule has 1 heteroatoms. The van der Waals surface area contributed by atoms with Gasteiger partial charge in [-0.2, -0.15) is 0 Å². The standard InChI is InChI=1S/C41H32O/c1-41(2,3)28-22-23-32-34(25-28)37(27-14-6-4-7-15-27)30-17-8-5-9-18-31(30)38(32)33-19-12-20-35-40(33)39-29-16-11-10-13-26(29)21-24-36(39)42-35/h4-17,19-25H,18H2,1-3H3. The minimum atomic E-state index is 0.0339. The second-order valence-electron chi connectivity index (χ2n) is 12.5. The Hall–Kier alpha value is -4.88. The van der Waals surface area contributed by atoms with E-state index in [1.807, 2.05) is 0 Å². The molecule has 202 valence electrons. The normalized spacial score (nSPS) is 13.3. The smallest absolute Gasteiger partial charge is 0.136 e. The van der Waals surface area contributed by atoms with Gasteiger partial charge in [0.25, 0.3) is 0 Å². The molecule has 0 bridgehead atoms. The summed E-state index contributed by atoms with van der Waals surface area (Å²) >= 11 is 0. The number of hydrogen-bond acceptors (Lipinski definition) is 1. The van der Waals surface area contributed by atoms with Crippen molar-refractivity contribution in [1.29, 1.82) is 0 Å². The van der Waals surface area contributed by atoms with Gasteiger partial charge in [0.2, 0.25) is 0 Å². The number of benzene rings is 6. The zero-order chi connectivity index (χ0) is 28.4. The predicted molar refractivity (Wildman–Crippen MR) is 180 cm³/mol. The van der Waals surface area contributed by atoms with Gasteiger partial charge < -0.3 is 4.42 Å². The molecule has 0 atom stereocenters. The average molecular weight is 541 g/mol. The topological polar surface area (TPSA) is 13.1 Å². The summed E-state index contributed by atoms with van der Waals surface area (Å²) in [6, 6.07) is 37.6. The molecule has 6 aromatic carbocycles. The molecule has 1 nitrogen and oxygen atoms in total. The second-order valence-corrected chi connectivity index (χ2v) is 12.5. The van der Waals surface area contributed by atoms with E-state index in [1.54, 1.807) is 0 Å². The van der Waals surface area contributed by atoms with Crippen molar-refractivity contribution in [3.8, 4) is 22.3 Å². The van der Waals surface area contributed by atoms with Crippen LogP contribution < -0.4 is 0 Å². The van der Waals surface area contributed by atoms with E-state index in [1.165, 1.54) is 71.3 Å². The van der Waals surface area contributed by atoms with E-state index in [0.29, 0.717) is 0 Å². The van der Waals surface area contributed by atoms with E-state index >= 15 is 0 Å². The maximum Gasteiger partial charge on any atom is 0.136 e. The molecule has 1 heterocycles. The minimum Gasteiger partial charge on any atom is -0.456 e. The largest absolute Gasteiger partial charge is 0.456 e. The number of fused-ring (bicyclic) bond motifs is 7. The highest BCUT2D eigenvalue weighted by Gasteiger charge is 2.25. The van der Waals surface area contributed by atoms with Gasteiger partial charge in [0, 0.05) is 10.8 Å². The lowest BCUT2D eigenvalue weighted by Crippen LogP contribution is -2.11. The summed E-state index contributed by atoms with van der Waals surface area (Å²) in [5, 5.41) is 7.42. The Bertz CT molecular complexity index is 2230. The summed E-state index contributed by atoms with van der Waals surface area (Å²) in [7, 11) is 0. The lowest BCUT2D eigenvalue weighted by molar-refractivity contribution is 0.591. The Morgan fingerprint density at radius 1 is 0.619 bits per heavy atom. The Morgan fingerprint density at radius 2 is 1.43 bits per heavy atom. The van der Waals surface area contributed by atoms with Gasteiger partial charge in [-0.3, -0.25) is 0 Å². The van der Waals surface area contributed by atoms with E-state index < -0.39 is 0 Å². The molecule has 0 aliphatic heterocycles. The number of hydrogen-bond donors (Lipinski definition) is 0. The maximum atomic E-state index is 6.53. The molecule has 42 heavy (non-hydrogen) atoms. The van der Waals surface area contributed by atoms with Gasteiger partial charge in [-0.1, -0.05) is 130 Å². The molecule has 1 aliphatic rings. The van der Waals surface area contributed by atoms with Crippen LogP contribution in [0.1, 0.15) is 37.5 Å². The van der Waals surface area contributed by atoms with Crippen LogP contribution in [0.25, 0.3) is 71.8 Å². The maximum absolute atomic E-state index is 6.53. The van der Waals surface area contributed by atoms with Crippen molar-refractivity contribution in [2.24, 2.45) is 0 Å². The van der Waals surface area contributed by atoms with Gasteiger partial charge >= 0.3 is 0 Å². The van der Waals surface area contributed by atoms with Crippen LogP contribution in [-0.2, 0) is 11.8 Å². The number of allylic oxidation sites excluding steroid dienone is 3. The summed E-state index contributed by atoms with van der Waals surface area (Å²) in [4.78, 5) is 0. The third-order valence-corrected chi connectivity index (χ3v) is 8.87. The quantitative estimate of drug-likeness (QED) is 0.212. The van der Waals surface area contributed by atoms with E-state index in [0.717, 1.165) is 17.6 Å². The molecule has 0 saturated carbocycles. The van der Waals surface area contributed by atoms with Crippen molar-refractivity contribution in [3.05, 3.63) is 138 Å². The first kappa shape index (κ1) is 24.9. The zero-order valence-corrected chi connectivity index (χ0v) is 24.2. The van der Waals surface area contributed by atoms with Gasteiger partial charge in [0.05, 0.1) is 0 Å². The molecule has 8 rings (SSSR count). The molecule has 0 unspecified atom stereocenters. The van der Waals surface area contributed by atoms with Crippen LogP contribution in [0.5, 0.6) is 0 Å². The predicted octanol–water partition coefficient (Wildman–Crippen LogP) is 11.6. The van der Waals surface area contributed by atoms with Crippen LogP contribution in [0.4, 0.5) is 0 Å². The van der Waals surface area contributed by atoms with Crippen molar-refractivity contribution in [3.63, 3.8) is 0 Å². The van der Waals surface area contributed by atoms with E-state index in [2.05, 4.69) is 148 Å². The van der Waals surface area contributed by atoms with Crippen LogP contribution >= 0.6 is 0 Å². The Labute approximate surface area is 246 Å². The van der Waals surface area contributed by atoms with Crippen molar-refractivity contribution in [2.75, 3.05) is 0 Å². The summed E-state index contributed by atoms with van der Waals surface area (Å²) in [6.45, 7) is 6.90. The monoisotopic (exact) mass is 540 g/mol. The van der Waals surface area contributed by atoms with Crippen LogP contribution in [0, 0.1) is 0 Å². The third kappa shape index (κ3) is 3.77. The highest BCUT2D eigenvalue weighted by Crippen LogP contribution is 2.48. The highest BCUT2D eigenvalue weighted by molar-refractivity contribution is 6.25. The minimum absolute atomic E-state index is 0.0339. The molecule has 0 radical (unpaired) electrons. The lowest BCUT2D eigenvalue weighted by Gasteiger charge is -2.25. The SMILES string of the molecule is CC(C)(C)c1ccc2c(-c3cccc4oc5ccc6ccccc6c5c34)c3c(c(-c4ccccc4)c2c1)C=CC=CC3. The van der Waals surface area contributed by atoms with Crippen LogP contribution in [0.3, 0.4) is 0 Å². The number of rotatable bonds is 2. The first-order chi connectivity index (χ1) is 20.5. The van der Waals surface area contributed by atoms with E-state index in [9.17, 15) is 0 Å². The summed E-state index contributed by atoms with van der Waals surface area (Å²) in [6.07, 6.45) is 9.85. The molecular formula is C41H32O. The molecule has 7 aromatic rings. The number of furan rings is 1. The van der Waals surface area contributed by atoms with Gasteiger partial charge in [-0.05, 0) is 90.5 Å². The van der Waals surface area contributed by atoms with Crippen molar-refractivity contribution >= 4 is 49.6 Å². The van der Waals surface area contributed by atoms with Gasteiger partial charge in [0.15, 0.2) is 0 Å². The fourth-order valence-electron chi connectivity index (χ4n) is 6.86. The Morgan fingerprint density at radius 3 is 2.29 bits per heavy atom. The molecule has 0 fully saturated rings. The molecular weight excluding hydrogens is 508 g/mol. The van der Waals surface area contributed by atoms with Crippen molar-refractivity contribution in [1.82, 2.24) is 0 Å². The van der Waals surface area contributed by atoms with Crippen molar-refractivity contribution in [2.45, 2.75) is 32.6 Å². The van der Waals surface area contributed by atoms with Crippen molar-refractivity contribution < 1.29 is 4.42 Å². The van der Waals surface area contributed by atoms with Gasteiger partial charge in [0.1, 0.15) is 11.2 Å². The van der Waals surface area contributed by atoms with Crippen LogP contribution in [-0.4, -0.2) is 0 Å². The lowest BCUT2D eigenvalue weighted by atomic mass is 9.79. The van der Waals surface area contributed by atoms with E-state index in [-0.39, 0.29) is 5.41 Å². The average Bonchev–Trinajstić information content (AvgIpc) is 3.24. The fourth-order valence-corrected chi connectivity index (χ4v) is 6.86. The van der Waals surface area contributed by atoms with E-state index in [4.69, 9.17) is 4.42 Å². The molecule has 0 amide bonds. The third-order valence-electron chi connectivity index (χ3n) is 8.87. The molecule has 0 spiro atoms. The Kier molecular flexibility index (Phi) is 5.52. The summed E-state index contributed by atoms with van der Waals surface area (Å²) < 4.78 is 6.53. The van der Waals surface area contributed by atoms with Crippen LogP contribution in [0.2, 0.25) is 0 Å². The first-order valence-corrected chi connectivity index (χ1v) is 14.8. The highest BCUT2D eigenvalue weighted by atomic mass is 16.3.